The van der Waals surface area contributed by atoms with Crippen molar-refractivity contribution in [1.29, 1.82) is 0 Å². The van der Waals surface area contributed by atoms with Gasteiger partial charge in [0.2, 0.25) is 0 Å². The van der Waals surface area contributed by atoms with Crippen LogP contribution < -0.4 is 11.5 Å². The van der Waals surface area contributed by atoms with Gasteiger partial charge in [0.15, 0.2) is 0 Å². The van der Waals surface area contributed by atoms with Gasteiger partial charge in [-0.05, 0) is 6.92 Å². The molecule has 0 spiro atoms. The highest BCUT2D eigenvalue weighted by Crippen LogP contribution is 2.06. The van der Waals surface area contributed by atoms with Gasteiger partial charge in [-0.1, -0.05) is 0 Å². The first kappa shape index (κ1) is 8.23. The molecule has 1 heterocycles. The highest BCUT2D eigenvalue weighted by Gasteiger charge is 2.04. The van der Waals surface area contributed by atoms with Gasteiger partial charge in [0.05, 0.1) is 6.20 Å². The van der Waals surface area contributed by atoms with Gasteiger partial charge in [0.25, 0.3) is 0 Å². The SMILES string of the molecule is CCn1cc(C(N)CN)cn1. The van der Waals surface area contributed by atoms with Crippen LogP contribution in [-0.2, 0) is 6.54 Å². The Kier molecular flexibility index (Phi) is 2.62. The van der Waals surface area contributed by atoms with Crippen molar-refractivity contribution in [2.45, 2.75) is 19.5 Å². The number of nitrogens with zero attached hydrogens (tertiary/aromatic N) is 2. The van der Waals surface area contributed by atoms with Crippen molar-refractivity contribution in [1.82, 2.24) is 9.78 Å². The fraction of sp³-hybridized carbons (Fsp3) is 0.571. The third-order valence-corrected chi connectivity index (χ3v) is 1.66. The van der Waals surface area contributed by atoms with Gasteiger partial charge in [-0.3, -0.25) is 4.68 Å². The van der Waals surface area contributed by atoms with Crippen molar-refractivity contribution in [3.8, 4) is 0 Å². The number of hydrogen-bond acceptors (Lipinski definition) is 3. The van der Waals surface area contributed by atoms with Gasteiger partial charge in [-0.2, -0.15) is 5.10 Å². The Hall–Kier alpha value is -0.870. The van der Waals surface area contributed by atoms with Crippen molar-refractivity contribution in [2.75, 3.05) is 6.54 Å². The molecule has 0 fully saturated rings. The fourth-order valence-corrected chi connectivity index (χ4v) is 0.880. The molecule has 0 aliphatic carbocycles. The van der Waals surface area contributed by atoms with Gasteiger partial charge in [0, 0.05) is 30.9 Å². The summed E-state index contributed by atoms with van der Waals surface area (Å²) in [7, 11) is 0. The van der Waals surface area contributed by atoms with Crippen LogP contribution in [0.15, 0.2) is 12.4 Å². The molecular formula is C7H14N4. The topological polar surface area (TPSA) is 69.9 Å². The highest BCUT2D eigenvalue weighted by atomic mass is 15.3. The van der Waals surface area contributed by atoms with Crippen LogP contribution in [0, 0.1) is 0 Å². The Balaban J connectivity index is 2.71. The lowest BCUT2D eigenvalue weighted by atomic mass is 10.2. The van der Waals surface area contributed by atoms with E-state index in [1.807, 2.05) is 17.8 Å². The lowest BCUT2D eigenvalue weighted by Crippen LogP contribution is -2.20. The Morgan fingerprint density at radius 1 is 1.73 bits per heavy atom. The minimum atomic E-state index is -0.0738. The Morgan fingerprint density at radius 3 is 2.91 bits per heavy atom. The van der Waals surface area contributed by atoms with Crippen LogP contribution in [0.2, 0.25) is 0 Å². The van der Waals surface area contributed by atoms with Crippen LogP contribution in [0.1, 0.15) is 18.5 Å². The molecule has 4 nitrogen and oxygen atoms in total. The van der Waals surface area contributed by atoms with Crippen LogP contribution in [-0.4, -0.2) is 16.3 Å². The smallest absolute Gasteiger partial charge is 0.0538 e. The summed E-state index contributed by atoms with van der Waals surface area (Å²) >= 11 is 0. The molecule has 4 heteroatoms. The van der Waals surface area contributed by atoms with E-state index in [-0.39, 0.29) is 6.04 Å². The lowest BCUT2D eigenvalue weighted by Gasteiger charge is -2.03. The Morgan fingerprint density at radius 2 is 2.45 bits per heavy atom. The predicted molar refractivity (Wildman–Crippen MR) is 43.9 cm³/mol. The third kappa shape index (κ3) is 1.78. The average molecular weight is 154 g/mol. The summed E-state index contributed by atoms with van der Waals surface area (Å²) in [5, 5.41) is 4.08. The number of nitrogens with two attached hydrogens (primary N) is 2. The van der Waals surface area contributed by atoms with Crippen molar-refractivity contribution in [2.24, 2.45) is 11.5 Å². The molecule has 0 aliphatic rings. The van der Waals surface area contributed by atoms with Gasteiger partial charge in [-0.15, -0.1) is 0 Å². The molecule has 62 valence electrons. The number of rotatable bonds is 3. The second kappa shape index (κ2) is 3.50. The zero-order valence-electron chi connectivity index (χ0n) is 6.70. The largest absolute Gasteiger partial charge is 0.329 e. The van der Waals surface area contributed by atoms with E-state index in [2.05, 4.69) is 5.10 Å². The maximum atomic E-state index is 5.68. The van der Waals surface area contributed by atoms with Gasteiger partial charge < -0.3 is 11.5 Å². The molecule has 1 aromatic rings. The van der Waals surface area contributed by atoms with Crippen LogP contribution in [0.4, 0.5) is 0 Å². The van der Waals surface area contributed by atoms with Gasteiger partial charge in [-0.25, -0.2) is 0 Å². The molecule has 0 saturated heterocycles. The van der Waals surface area contributed by atoms with Crippen LogP contribution in [0.25, 0.3) is 0 Å². The zero-order chi connectivity index (χ0) is 8.27. The van der Waals surface area contributed by atoms with Gasteiger partial charge >= 0.3 is 0 Å². The lowest BCUT2D eigenvalue weighted by molar-refractivity contribution is 0.656. The average Bonchev–Trinajstić information content (AvgIpc) is 2.50. The summed E-state index contributed by atoms with van der Waals surface area (Å²) in [6.45, 7) is 3.37. The summed E-state index contributed by atoms with van der Waals surface area (Å²) < 4.78 is 1.84. The second-order valence-corrected chi connectivity index (χ2v) is 2.47. The van der Waals surface area contributed by atoms with Crippen LogP contribution in [0.3, 0.4) is 0 Å². The third-order valence-electron chi connectivity index (χ3n) is 1.66. The van der Waals surface area contributed by atoms with E-state index in [9.17, 15) is 0 Å². The first-order chi connectivity index (χ1) is 5.27. The minimum absolute atomic E-state index is 0.0738. The molecule has 1 atom stereocenters. The predicted octanol–water partition coefficient (Wildman–Crippen LogP) is -0.138. The summed E-state index contributed by atoms with van der Waals surface area (Å²) in [5.74, 6) is 0. The van der Waals surface area contributed by atoms with Crippen LogP contribution >= 0.6 is 0 Å². The molecule has 1 aromatic heterocycles. The highest BCUT2D eigenvalue weighted by molar-refractivity contribution is 5.09. The molecule has 0 aromatic carbocycles. The summed E-state index contributed by atoms with van der Waals surface area (Å²) in [6.07, 6.45) is 3.69. The molecule has 4 N–H and O–H groups in total. The van der Waals surface area contributed by atoms with Crippen molar-refractivity contribution >= 4 is 0 Å². The fourth-order valence-electron chi connectivity index (χ4n) is 0.880. The van der Waals surface area contributed by atoms with E-state index in [0.717, 1.165) is 12.1 Å². The molecule has 0 bridgehead atoms. The molecule has 0 aliphatic heterocycles. The summed E-state index contributed by atoms with van der Waals surface area (Å²) in [5.41, 5.74) is 12.1. The second-order valence-electron chi connectivity index (χ2n) is 2.47. The Bertz CT molecular complexity index is 218. The normalized spacial score (nSPS) is 13.4. The minimum Gasteiger partial charge on any atom is -0.329 e. The van der Waals surface area contributed by atoms with Crippen LogP contribution in [0.5, 0.6) is 0 Å². The maximum absolute atomic E-state index is 5.68. The molecule has 1 unspecified atom stereocenters. The number of hydrogen-bond donors (Lipinski definition) is 2. The van der Waals surface area contributed by atoms with Crippen molar-refractivity contribution in [3.63, 3.8) is 0 Å². The van der Waals surface area contributed by atoms with Crippen molar-refractivity contribution < 1.29 is 0 Å². The standard InChI is InChI=1S/C7H14N4/c1-2-11-5-6(4-10-11)7(9)3-8/h4-5,7H,2-3,8-9H2,1H3. The number of aryl methyl sites for hydroxylation is 1. The first-order valence-electron chi connectivity index (χ1n) is 3.76. The molecule has 0 amide bonds. The summed E-state index contributed by atoms with van der Waals surface area (Å²) in [6, 6.07) is -0.0738. The van der Waals surface area contributed by atoms with E-state index in [1.54, 1.807) is 6.20 Å². The van der Waals surface area contributed by atoms with E-state index < -0.39 is 0 Å². The number of aromatic nitrogens is 2. The molecular weight excluding hydrogens is 140 g/mol. The zero-order valence-corrected chi connectivity index (χ0v) is 6.70. The van der Waals surface area contributed by atoms with Crippen molar-refractivity contribution in [3.05, 3.63) is 18.0 Å². The molecule has 1 rings (SSSR count). The molecule has 0 radical (unpaired) electrons. The quantitative estimate of drug-likeness (QED) is 0.636. The summed E-state index contributed by atoms with van der Waals surface area (Å²) in [4.78, 5) is 0. The monoisotopic (exact) mass is 154 g/mol. The van der Waals surface area contributed by atoms with Gasteiger partial charge in [0.1, 0.15) is 0 Å². The molecule has 11 heavy (non-hydrogen) atoms. The van der Waals surface area contributed by atoms with E-state index in [1.165, 1.54) is 0 Å². The van der Waals surface area contributed by atoms with E-state index in [4.69, 9.17) is 11.5 Å². The first-order valence-corrected chi connectivity index (χ1v) is 3.76. The molecule has 0 saturated carbocycles. The maximum Gasteiger partial charge on any atom is 0.0538 e. The van der Waals surface area contributed by atoms with E-state index >= 15 is 0 Å². The Labute approximate surface area is 66.2 Å². The van der Waals surface area contributed by atoms with E-state index in [0.29, 0.717) is 6.54 Å².